The Balaban J connectivity index is 1.55. The van der Waals surface area contributed by atoms with Gasteiger partial charge in [0.2, 0.25) is 5.82 Å². The zero-order chi connectivity index (χ0) is 19.5. The molecular formula is C19H19N7O2. The number of fused-ring (bicyclic) bond motifs is 1. The SMILES string of the molecule is CN(C)CCNC(=O)c1nc(-c2cccc(-c3cn4ncccc4n3)c2)no1. The summed E-state index contributed by atoms with van der Waals surface area (Å²) in [6.45, 7) is 1.23. The second-order valence-electron chi connectivity index (χ2n) is 6.52. The molecule has 4 aromatic rings. The molecule has 0 spiro atoms. The normalized spacial score (nSPS) is 11.2. The van der Waals surface area contributed by atoms with Gasteiger partial charge in [-0.2, -0.15) is 10.1 Å². The molecule has 0 unspecified atom stereocenters. The summed E-state index contributed by atoms with van der Waals surface area (Å²) in [6, 6.07) is 11.3. The fourth-order valence-electron chi connectivity index (χ4n) is 2.69. The van der Waals surface area contributed by atoms with Gasteiger partial charge in [-0.05, 0) is 32.3 Å². The zero-order valence-electron chi connectivity index (χ0n) is 15.5. The number of nitrogens with one attached hydrogen (secondary N) is 1. The predicted molar refractivity (Wildman–Crippen MR) is 103 cm³/mol. The molecule has 0 atom stereocenters. The molecule has 0 aliphatic rings. The van der Waals surface area contributed by atoms with Gasteiger partial charge in [-0.25, -0.2) is 9.50 Å². The smallest absolute Gasteiger partial charge is 0.316 e. The molecule has 9 heteroatoms. The predicted octanol–water partition coefficient (Wildman–Crippen LogP) is 1.74. The molecule has 0 saturated heterocycles. The average Bonchev–Trinajstić information content (AvgIpc) is 3.35. The highest BCUT2D eigenvalue weighted by Gasteiger charge is 2.16. The molecule has 1 aromatic carbocycles. The van der Waals surface area contributed by atoms with E-state index in [1.54, 1.807) is 10.7 Å². The minimum absolute atomic E-state index is 0.0592. The van der Waals surface area contributed by atoms with Gasteiger partial charge in [-0.15, -0.1) is 0 Å². The minimum Gasteiger partial charge on any atom is -0.347 e. The quantitative estimate of drug-likeness (QED) is 0.546. The van der Waals surface area contributed by atoms with E-state index in [0.717, 1.165) is 29.0 Å². The summed E-state index contributed by atoms with van der Waals surface area (Å²) >= 11 is 0. The maximum Gasteiger partial charge on any atom is 0.316 e. The lowest BCUT2D eigenvalue weighted by Gasteiger charge is -2.08. The van der Waals surface area contributed by atoms with Crippen LogP contribution in [0.1, 0.15) is 10.7 Å². The van der Waals surface area contributed by atoms with Crippen molar-refractivity contribution in [2.24, 2.45) is 0 Å². The largest absolute Gasteiger partial charge is 0.347 e. The Morgan fingerprint density at radius 1 is 1.18 bits per heavy atom. The summed E-state index contributed by atoms with van der Waals surface area (Å²) in [6.07, 6.45) is 3.56. The van der Waals surface area contributed by atoms with E-state index in [4.69, 9.17) is 4.52 Å². The van der Waals surface area contributed by atoms with E-state index < -0.39 is 0 Å². The third kappa shape index (κ3) is 3.74. The molecule has 3 aromatic heterocycles. The van der Waals surface area contributed by atoms with Crippen molar-refractivity contribution in [2.45, 2.75) is 0 Å². The average molecular weight is 377 g/mol. The molecule has 0 aliphatic heterocycles. The Hall–Kier alpha value is -3.59. The molecule has 3 heterocycles. The molecule has 9 nitrogen and oxygen atoms in total. The lowest BCUT2D eigenvalue weighted by atomic mass is 10.1. The van der Waals surface area contributed by atoms with Crippen molar-refractivity contribution in [1.82, 2.24) is 35.0 Å². The van der Waals surface area contributed by atoms with Crippen molar-refractivity contribution in [3.8, 4) is 22.6 Å². The summed E-state index contributed by atoms with van der Waals surface area (Å²) in [4.78, 5) is 22.9. The van der Waals surface area contributed by atoms with Crippen LogP contribution in [0.4, 0.5) is 0 Å². The molecule has 0 radical (unpaired) electrons. The third-order valence-electron chi connectivity index (χ3n) is 4.12. The lowest BCUT2D eigenvalue weighted by Crippen LogP contribution is -2.31. The van der Waals surface area contributed by atoms with Crippen LogP contribution in [-0.4, -0.2) is 62.7 Å². The molecule has 0 fully saturated rings. The highest BCUT2D eigenvalue weighted by atomic mass is 16.5. The van der Waals surface area contributed by atoms with Crippen LogP contribution in [-0.2, 0) is 0 Å². The van der Waals surface area contributed by atoms with Crippen molar-refractivity contribution < 1.29 is 9.32 Å². The second kappa shape index (κ2) is 7.57. The van der Waals surface area contributed by atoms with Crippen LogP contribution in [0.3, 0.4) is 0 Å². The van der Waals surface area contributed by atoms with Gasteiger partial charge in [0.05, 0.1) is 11.9 Å². The Labute approximate surface area is 161 Å². The van der Waals surface area contributed by atoms with E-state index in [9.17, 15) is 4.79 Å². The van der Waals surface area contributed by atoms with Gasteiger partial charge >= 0.3 is 11.8 Å². The monoisotopic (exact) mass is 377 g/mol. The van der Waals surface area contributed by atoms with Crippen molar-refractivity contribution >= 4 is 11.6 Å². The van der Waals surface area contributed by atoms with Gasteiger partial charge in [0.25, 0.3) is 0 Å². The van der Waals surface area contributed by atoms with Crippen molar-refractivity contribution in [2.75, 3.05) is 27.2 Å². The van der Waals surface area contributed by atoms with Crippen LogP contribution >= 0.6 is 0 Å². The highest BCUT2D eigenvalue weighted by molar-refractivity contribution is 5.89. The lowest BCUT2D eigenvalue weighted by molar-refractivity contribution is 0.0907. The fourth-order valence-corrected chi connectivity index (χ4v) is 2.69. The summed E-state index contributed by atoms with van der Waals surface area (Å²) < 4.78 is 6.83. The molecule has 1 N–H and O–H groups in total. The van der Waals surface area contributed by atoms with Gasteiger partial charge in [-0.3, -0.25) is 4.79 Å². The number of likely N-dealkylation sites (N-methyl/N-ethyl adjacent to an activating group) is 1. The zero-order valence-corrected chi connectivity index (χ0v) is 15.5. The number of hydrogen-bond acceptors (Lipinski definition) is 7. The molecule has 0 bridgehead atoms. The molecular weight excluding hydrogens is 358 g/mol. The number of imidazole rings is 1. The topological polar surface area (TPSA) is 101 Å². The summed E-state index contributed by atoms with van der Waals surface area (Å²) in [5.74, 6) is -0.0965. The van der Waals surface area contributed by atoms with E-state index in [-0.39, 0.29) is 11.8 Å². The van der Waals surface area contributed by atoms with E-state index in [2.05, 4.69) is 25.5 Å². The van der Waals surface area contributed by atoms with Crippen molar-refractivity contribution in [1.29, 1.82) is 0 Å². The van der Waals surface area contributed by atoms with Crippen LogP contribution in [0, 0.1) is 0 Å². The summed E-state index contributed by atoms with van der Waals surface area (Å²) in [5.41, 5.74) is 3.17. The van der Waals surface area contributed by atoms with Crippen molar-refractivity contribution in [3.63, 3.8) is 0 Å². The van der Waals surface area contributed by atoms with E-state index in [1.165, 1.54) is 0 Å². The Kier molecular flexibility index (Phi) is 4.81. The maximum absolute atomic E-state index is 12.1. The summed E-state index contributed by atoms with van der Waals surface area (Å²) in [7, 11) is 3.87. The molecule has 1 amide bonds. The van der Waals surface area contributed by atoms with Gasteiger partial charge in [-0.1, -0.05) is 23.4 Å². The van der Waals surface area contributed by atoms with E-state index in [0.29, 0.717) is 12.4 Å². The van der Waals surface area contributed by atoms with Crippen molar-refractivity contribution in [3.05, 3.63) is 54.7 Å². The molecule has 142 valence electrons. The van der Waals surface area contributed by atoms with Crippen LogP contribution in [0.5, 0.6) is 0 Å². The van der Waals surface area contributed by atoms with Crippen LogP contribution in [0.15, 0.2) is 53.3 Å². The number of hydrogen-bond donors (Lipinski definition) is 1. The maximum atomic E-state index is 12.1. The standard InChI is InChI=1S/C19H19N7O2/c1-25(2)10-9-20-18(27)19-23-17(24-28-19)14-6-3-5-13(11-14)15-12-26-16(22-15)7-4-8-21-26/h3-8,11-12H,9-10H2,1-2H3,(H,20,27). The highest BCUT2D eigenvalue weighted by Crippen LogP contribution is 2.24. The van der Waals surface area contributed by atoms with Crippen LogP contribution in [0.25, 0.3) is 28.3 Å². The van der Waals surface area contributed by atoms with Gasteiger partial charge in [0.1, 0.15) is 0 Å². The van der Waals surface area contributed by atoms with Crippen LogP contribution in [0.2, 0.25) is 0 Å². The van der Waals surface area contributed by atoms with E-state index >= 15 is 0 Å². The van der Waals surface area contributed by atoms with Gasteiger partial charge in [0, 0.05) is 30.4 Å². The van der Waals surface area contributed by atoms with Crippen LogP contribution < -0.4 is 5.32 Å². The van der Waals surface area contributed by atoms with Gasteiger partial charge in [0.15, 0.2) is 5.65 Å². The Morgan fingerprint density at radius 2 is 2.04 bits per heavy atom. The number of rotatable bonds is 6. The number of aromatic nitrogens is 5. The van der Waals surface area contributed by atoms with Gasteiger partial charge < -0.3 is 14.7 Å². The molecule has 28 heavy (non-hydrogen) atoms. The summed E-state index contributed by atoms with van der Waals surface area (Å²) in [5, 5.41) is 10.9. The first-order valence-corrected chi connectivity index (χ1v) is 8.78. The molecule has 0 aliphatic carbocycles. The molecule has 4 rings (SSSR count). The number of carbonyl (C=O) groups is 1. The first-order chi connectivity index (χ1) is 13.6. The first kappa shape index (κ1) is 17.8. The fraction of sp³-hybridized carbons (Fsp3) is 0.211. The van der Waals surface area contributed by atoms with E-state index in [1.807, 2.05) is 61.6 Å². The number of nitrogens with zero attached hydrogens (tertiary/aromatic N) is 6. The third-order valence-corrected chi connectivity index (χ3v) is 4.12. The number of carbonyl (C=O) groups excluding carboxylic acids is 1. The first-order valence-electron chi connectivity index (χ1n) is 8.78. The molecule has 0 saturated carbocycles. The number of amides is 1. The number of benzene rings is 1. The Morgan fingerprint density at radius 3 is 2.86 bits per heavy atom. The minimum atomic E-state index is -0.386. The Bertz CT molecular complexity index is 1080. The second-order valence-corrected chi connectivity index (χ2v) is 6.52.